The van der Waals surface area contributed by atoms with Gasteiger partial charge in [0.15, 0.2) is 0 Å². The van der Waals surface area contributed by atoms with Crippen LogP contribution >= 0.6 is 0 Å². The van der Waals surface area contributed by atoms with Gasteiger partial charge in [0.05, 0.1) is 0 Å². The maximum atomic E-state index is 13.8. The van der Waals surface area contributed by atoms with E-state index in [2.05, 4.69) is 5.32 Å². The standard InChI is InChI=1S/C12H17F2N/c1-8(2)9-4-5-11(13)10(12(9)14)6-7-15-3/h4-5,8,15H,6-7H2,1-3H3. The van der Waals surface area contributed by atoms with Gasteiger partial charge in [-0.1, -0.05) is 19.9 Å². The molecular formula is C12H17F2N. The van der Waals surface area contributed by atoms with Gasteiger partial charge in [-0.3, -0.25) is 0 Å². The van der Waals surface area contributed by atoms with E-state index >= 15 is 0 Å². The van der Waals surface area contributed by atoms with E-state index in [4.69, 9.17) is 0 Å². The number of likely N-dealkylation sites (N-methyl/N-ethyl adjacent to an activating group) is 1. The summed E-state index contributed by atoms with van der Waals surface area (Å²) in [7, 11) is 1.77. The monoisotopic (exact) mass is 213 g/mol. The lowest BCUT2D eigenvalue weighted by atomic mass is 9.98. The van der Waals surface area contributed by atoms with Crippen LogP contribution in [0.5, 0.6) is 0 Å². The molecule has 0 aliphatic carbocycles. The van der Waals surface area contributed by atoms with E-state index in [9.17, 15) is 8.78 Å². The largest absolute Gasteiger partial charge is 0.319 e. The minimum Gasteiger partial charge on any atom is -0.319 e. The fraction of sp³-hybridized carbons (Fsp3) is 0.500. The maximum Gasteiger partial charge on any atom is 0.132 e. The third kappa shape index (κ3) is 2.75. The summed E-state index contributed by atoms with van der Waals surface area (Å²) in [6, 6.07) is 2.88. The van der Waals surface area contributed by atoms with Crippen LogP contribution in [0.25, 0.3) is 0 Å². The van der Waals surface area contributed by atoms with Crippen LogP contribution in [0.1, 0.15) is 30.9 Å². The number of nitrogens with one attached hydrogen (secondary N) is 1. The summed E-state index contributed by atoms with van der Waals surface area (Å²) in [5.74, 6) is -0.758. The van der Waals surface area contributed by atoms with Crippen LogP contribution in [-0.4, -0.2) is 13.6 Å². The summed E-state index contributed by atoms with van der Waals surface area (Å²) in [6.45, 7) is 4.38. The lowest BCUT2D eigenvalue weighted by Crippen LogP contribution is -2.13. The predicted octanol–water partition coefficient (Wildman–Crippen LogP) is 2.85. The Bertz CT molecular complexity index is 335. The molecule has 1 aromatic rings. The van der Waals surface area contributed by atoms with Crippen molar-refractivity contribution in [3.05, 3.63) is 34.9 Å². The number of halogens is 2. The molecule has 0 saturated carbocycles. The molecule has 0 unspecified atom stereocenters. The molecule has 15 heavy (non-hydrogen) atoms. The quantitative estimate of drug-likeness (QED) is 0.811. The van der Waals surface area contributed by atoms with Crippen LogP contribution in [0.2, 0.25) is 0 Å². The Labute approximate surface area is 89.5 Å². The van der Waals surface area contributed by atoms with E-state index in [0.717, 1.165) is 0 Å². The zero-order chi connectivity index (χ0) is 11.4. The van der Waals surface area contributed by atoms with Gasteiger partial charge in [0, 0.05) is 5.56 Å². The van der Waals surface area contributed by atoms with Crippen molar-refractivity contribution >= 4 is 0 Å². The first-order valence-electron chi connectivity index (χ1n) is 5.19. The van der Waals surface area contributed by atoms with Gasteiger partial charge >= 0.3 is 0 Å². The molecule has 1 N–H and O–H groups in total. The molecule has 1 nitrogen and oxygen atoms in total. The van der Waals surface area contributed by atoms with E-state index in [1.807, 2.05) is 13.8 Å². The fourth-order valence-corrected chi connectivity index (χ4v) is 1.54. The first-order valence-corrected chi connectivity index (χ1v) is 5.19. The zero-order valence-electron chi connectivity index (χ0n) is 9.40. The molecule has 0 bridgehead atoms. The highest BCUT2D eigenvalue weighted by Gasteiger charge is 2.14. The summed E-state index contributed by atoms with van der Waals surface area (Å²) in [4.78, 5) is 0. The third-order valence-corrected chi connectivity index (χ3v) is 2.46. The van der Waals surface area contributed by atoms with Gasteiger partial charge in [-0.25, -0.2) is 8.78 Å². The second-order valence-corrected chi connectivity index (χ2v) is 3.94. The van der Waals surface area contributed by atoms with Crippen molar-refractivity contribution in [3.63, 3.8) is 0 Å². The Hall–Kier alpha value is -0.960. The Morgan fingerprint density at radius 2 is 1.93 bits per heavy atom. The lowest BCUT2D eigenvalue weighted by molar-refractivity contribution is 0.535. The lowest BCUT2D eigenvalue weighted by Gasteiger charge is -2.11. The molecule has 0 radical (unpaired) electrons. The van der Waals surface area contributed by atoms with Gasteiger partial charge < -0.3 is 5.32 Å². The van der Waals surface area contributed by atoms with Crippen molar-refractivity contribution in [2.24, 2.45) is 0 Å². The third-order valence-electron chi connectivity index (χ3n) is 2.46. The van der Waals surface area contributed by atoms with Crippen LogP contribution < -0.4 is 5.32 Å². The zero-order valence-corrected chi connectivity index (χ0v) is 9.40. The molecule has 0 aromatic heterocycles. The molecule has 1 aromatic carbocycles. The molecular weight excluding hydrogens is 196 g/mol. The molecule has 84 valence electrons. The fourth-order valence-electron chi connectivity index (χ4n) is 1.54. The van der Waals surface area contributed by atoms with E-state index in [1.165, 1.54) is 12.1 Å². The number of hydrogen-bond donors (Lipinski definition) is 1. The minimum atomic E-state index is -0.452. The van der Waals surface area contributed by atoms with Crippen LogP contribution in [0.4, 0.5) is 8.78 Å². The first-order chi connectivity index (χ1) is 7.07. The van der Waals surface area contributed by atoms with Crippen LogP contribution in [0, 0.1) is 11.6 Å². The molecule has 0 aliphatic heterocycles. The van der Waals surface area contributed by atoms with Gasteiger partial charge in [0.1, 0.15) is 11.6 Å². The SMILES string of the molecule is CNCCc1c(F)ccc(C(C)C)c1F. The molecule has 0 saturated heterocycles. The number of rotatable bonds is 4. The predicted molar refractivity (Wildman–Crippen MR) is 58.1 cm³/mol. The second-order valence-electron chi connectivity index (χ2n) is 3.94. The topological polar surface area (TPSA) is 12.0 Å². The molecule has 0 spiro atoms. The van der Waals surface area contributed by atoms with Gasteiger partial charge in [0.2, 0.25) is 0 Å². The van der Waals surface area contributed by atoms with Crippen LogP contribution in [0.15, 0.2) is 12.1 Å². The van der Waals surface area contributed by atoms with E-state index in [-0.39, 0.29) is 17.3 Å². The highest BCUT2D eigenvalue weighted by molar-refractivity contribution is 5.29. The smallest absolute Gasteiger partial charge is 0.132 e. The molecule has 0 aliphatic rings. The first kappa shape index (κ1) is 12.1. The molecule has 3 heteroatoms. The molecule has 0 heterocycles. The molecule has 0 fully saturated rings. The Kier molecular flexibility index (Phi) is 4.21. The van der Waals surface area contributed by atoms with Crippen molar-refractivity contribution in [3.8, 4) is 0 Å². The van der Waals surface area contributed by atoms with Gasteiger partial charge in [0.25, 0.3) is 0 Å². The van der Waals surface area contributed by atoms with Crippen LogP contribution in [0.3, 0.4) is 0 Å². The highest BCUT2D eigenvalue weighted by atomic mass is 19.1. The molecule has 0 atom stereocenters. The second kappa shape index (κ2) is 5.21. The van der Waals surface area contributed by atoms with Gasteiger partial charge in [-0.2, -0.15) is 0 Å². The normalized spacial score (nSPS) is 11.1. The van der Waals surface area contributed by atoms with Gasteiger partial charge in [-0.15, -0.1) is 0 Å². The van der Waals surface area contributed by atoms with Crippen LogP contribution in [-0.2, 0) is 6.42 Å². The summed E-state index contributed by atoms with van der Waals surface area (Å²) < 4.78 is 27.2. The Morgan fingerprint density at radius 3 is 2.47 bits per heavy atom. The summed E-state index contributed by atoms with van der Waals surface area (Å²) in [6.07, 6.45) is 0.384. The van der Waals surface area contributed by atoms with E-state index in [1.54, 1.807) is 7.05 Å². The summed E-state index contributed by atoms with van der Waals surface area (Å²) in [5, 5.41) is 2.89. The van der Waals surface area contributed by atoms with Crippen molar-refractivity contribution < 1.29 is 8.78 Å². The summed E-state index contributed by atoms with van der Waals surface area (Å²) >= 11 is 0. The van der Waals surface area contributed by atoms with Crippen molar-refractivity contribution in [1.29, 1.82) is 0 Å². The highest BCUT2D eigenvalue weighted by Crippen LogP contribution is 2.23. The Balaban J connectivity index is 3.06. The number of hydrogen-bond acceptors (Lipinski definition) is 1. The molecule has 0 amide bonds. The Morgan fingerprint density at radius 1 is 1.27 bits per heavy atom. The average molecular weight is 213 g/mol. The molecule has 1 rings (SSSR count). The van der Waals surface area contributed by atoms with Crippen molar-refractivity contribution in [2.45, 2.75) is 26.2 Å². The average Bonchev–Trinajstić information content (AvgIpc) is 2.17. The number of benzene rings is 1. The maximum absolute atomic E-state index is 13.8. The van der Waals surface area contributed by atoms with E-state index in [0.29, 0.717) is 18.5 Å². The summed E-state index contributed by atoms with van der Waals surface area (Å²) in [5.41, 5.74) is 0.776. The minimum absolute atomic E-state index is 0.0823. The van der Waals surface area contributed by atoms with Crippen molar-refractivity contribution in [2.75, 3.05) is 13.6 Å². The van der Waals surface area contributed by atoms with Gasteiger partial charge in [-0.05, 0) is 37.6 Å². The van der Waals surface area contributed by atoms with Crippen molar-refractivity contribution in [1.82, 2.24) is 5.32 Å². The van der Waals surface area contributed by atoms with E-state index < -0.39 is 5.82 Å².